The third-order valence-corrected chi connectivity index (χ3v) is 4.99. The van der Waals surface area contributed by atoms with Crippen molar-refractivity contribution in [2.45, 2.75) is 20.4 Å². The monoisotopic (exact) mass is 371 g/mol. The molecule has 1 aromatic heterocycles. The molecule has 0 saturated heterocycles. The summed E-state index contributed by atoms with van der Waals surface area (Å²) >= 11 is 0. The Morgan fingerprint density at radius 3 is 2.46 bits per heavy atom. The number of aromatic nitrogens is 2. The minimum absolute atomic E-state index is 0.137. The van der Waals surface area contributed by atoms with Crippen molar-refractivity contribution >= 4 is 23.5 Å². The number of hydrogen-bond acceptors (Lipinski definition) is 4. The number of para-hydroxylation sites is 1. The third-order valence-electron chi connectivity index (χ3n) is 4.99. The number of anilines is 1. The van der Waals surface area contributed by atoms with E-state index in [1.807, 2.05) is 75.5 Å². The van der Waals surface area contributed by atoms with Gasteiger partial charge in [0.25, 0.3) is 5.91 Å². The summed E-state index contributed by atoms with van der Waals surface area (Å²) in [6.07, 6.45) is 1.67. The van der Waals surface area contributed by atoms with Gasteiger partial charge in [0.05, 0.1) is 24.1 Å². The standard InChI is InChI=1S/C22H21N5O/c1-15-19(16(2)26(3)25-15)13-23-24-21-18-11-7-8-12-20(18)27(22(21)28)14-17-9-5-4-6-10-17/h4-13H,14H2,1-3H3/b23-13-,24-21+. The van der Waals surface area contributed by atoms with E-state index < -0.39 is 0 Å². The smallest absolute Gasteiger partial charge is 0.279 e. The quantitative estimate of drug-likeness (QED) is 0.521. The molecule has 3 aromatic rings. The van der Waals surface area contributed by atoms with Crippen LogP contribution in [0.3, 0.4) is 0 Å². The van der Waals surface area contributed by atoms with Crippen LogP contribution >= 0.6 is 0 Å². The molecule has 0 N–H and O–H groups in total. The van der Waals surface area contributed by atoms with Crippen LogP contribution in [-0.4, -0.2) is 27.6 Å². The highest BCUT2D eigenvalue weighted by molar-refractivity contribution is 6.54. The van der Waals surface area contributed by atoms with Gasteiger partial charge < -0.3 is 4.90 Å². The van der Waals surface area contributed by atoms with Crippen molar-refractivity contribution in [3.8, 4) is 0 Å². The first-order chi connectivity index (χ1) is 13.6. The van der Waals surface area contributed by atoms with Crippen LogP contribution in [0, 0.1) is 13.8 Å². The number of aryl methyl sites for hydroxylation is 2. The molecular weight excluding hydrogens is 350 g/mol. The number of fused-ring (bicyclic) bond motifs is 1. The van der Waals surface area contributed by atoms with Gasteiger partial charge in [-0.05, 0) is 25.5 Å². The Morgan fingerprint density at radius 2 is 1.75 bits per heavy atom. The Kier molecular flexibility index (Phi) is 4.61. The maximum Gasteiger partial charge on any atom is 0.279 e. The lowest BCUT2D eigenvalue weighted by Gasteiger charge is -2.16. The summed E-state index contributed by atoms with van der Waals surface area (Å²) in [5.74, 6) is -0.137. The van der Waals surface area contributed by atoms with Gasteiger partial charge >= 0.3 is 0 Å². The molecule has 0 unspecified atom stereocenters. The SMILES string of the molecule is Cc1nn(C)c(C)c1/C=N\N=C1\C(=O)N(Cc2ccccc2)c2ccccc21. The van der Waals surface area contributed by atoms with Crippen LogP contribution in [0.5, 0.6) is 0 Å². The Balaban J connectivity index is 1.67. The van der Waals surface area contributed by atoms with Gasteiger partial charge in [0.2, 0.25) is 0 Å². The number of nitrogens with zero attached hydrogens (tertiary/aromatic N) is 5. The van der Waals surface area contributed by atoms with E-state index in [9.17, 15) is 4.79 Å². The van der Waals surface area contributed by atoms with E-state index in [2.05, 4.69) is 15.3 Å². The van der Waals surface area contributed by atoms with Crippen molar-refractivity contribution in [3.05, 3.63) is 82.7 Å². The zero-order chi connectivity index (χ0) is 19.7. The van der Waals surface area contributed by atoms with E-state index in [0.717, 1.165) is 33.8 Å². The average molecular weight is 371 g/mol. The Hall–Kier alpha value is -3.54. The minimum atomic E-state index is -0.137. The first kappa shape index (κ1) is 17.9. The van der Waals surface area contributed by atoms with Crippen molar-refractivity contribution in [2.24, 2.45) is 17.3 Å². The number of amides is 1. The second kappa shape index (κ2) is 7.23. The summed E-state index contributed by atoms with van der Waals surface area (Å²) in [5, 5.41) is 12.9. The van der Waals surface area contributed by atoms with Gasteiger partial charge in [-0.2, -0.15) is 10.2 Å². The lowest BCUT2D eigenvalue weighted by Crippen LogP contribution is -2.29. The summed E-state index contributed by atoms with van der Waals surface area (Å²) < 4.78 is 1.81. The number of carbonyl (C=O) groups is 1. The fourth-order valence-electron chi connectivity index (χ4n) is 3.40. The first-order valence-electron chi connectivity index (χ1n) is 9.12. The van der Waals surface area contributed by atoms with Crippen LogP contribution in [0.2, 0.25) is 0 Å². The predicted octanol–water partition coefficient (Wildman–Crippen LogP) is 3.41. The molecule has 6 nitrogen and oxygen atoms in total. The number of carbonyl (C=O) groups excluding carboxylic acids is 1. The average Bonchev–Trinajstić information content (AvgIpc) is 3.11. The zero-order valence-corrected chi connectivity index (χ0v) is 16.1. The molecule has 1 amide bonds. The molecule has 0 bridgehead atoms. The molecule has 140 valence electrons. The molecule has 0 fully saturated rings. The molecule has 4 rings (SSSR count). The van der Waals surface area contributed by atoms with Crippen molar-refractivity contribution in [3.63, 3.8) is 0 Å². The minimum Gasteiger partial charge on any atom is -0.302 e. The number of benzene rings is 2. The molecule has 0 aliphatic carbocycles. The van der Waals surface area contributed by atoms with Gasteiger partial charge in [-0.25, -0.2) is 0 Å². The summed E-state index contributed by atoms with van der Waals surface area (Å²) in [5.41, 5.74) is 5.91. The van der Waals surface area contributed by atoms with E-state index in [1.54, 1.807) is 15.8 Å². The van der Waals surface area contributed by atoms with Crippen LogP contribution in [0.1, 0.15) is 28.1 Å². The summed E-state index contributed by atoms with van der Waals surface area (Å²) in [4.78, 5) is 14.8. The normalized spacial score (nSPS) is 15.0. The van der Waals surface area contributed by atoms with E-state index in [4.69, 9.17) is 0 Å². The van der Waals surface area contributed by atoms with E-state index in [1.165, 1.54) is 0 Å². The van der Waals surface area contributed by atoms with Gasteiger partial charge in [-0.1, -0.05) is 48.5 Å². The Morgan fingerprint density at radius 1 is 1.04 bits per heavy atom. The molecule has 0 atom stereocenters. The number of rotatable bonds is 4. The molecule has 2 heterocycles. The fraction of sp³-hybridized carbons (Fsp3) is 0.182. The van der Waals surface area contributed by atoms with E-state index in [0.29, 0.717) is 12.3 Å². The summed E-state index contributed by atoms with van der Waals surface area (Å²) in [6.45, 7) is 4.41. The van der Waals surface area contributed by atoms with Crippen molar-refractivity contribution in [1.82, 2.24) is 9.78 Å². The van der Waals surface area contributed by atoms with Crippen LogP contribution in [0.25, 0.3) is 0 Å². The molecule has 6 heteroatoms. The predicted molar refractivity (Wildman–Crippen MR) is 111 cm³/mol. The van der Waals surface area contributed by atoms with Crippen molar-refractivity contribution < 1.29 is 4.79 Å². The number of hydrogen-bond donors (Lipinski definition) is 0. The second-order valence-electron chi connectivity index (χ2n) is 6.80. The van der Waals surface area contributed by atoms with Crippen molar-refractivity contribution in [2.75, 3.05) is 4.90 Å². The van der Waals surface area contributed by atoms with Gasteiger partial charge in [-0.15, -0.1) is 5.10 Å². The molecule has 2 aromatic carbocycles. The zero-order valence-electron chi connectivity index (χ0n) is 16.1. The fourth-order valence-corrected chi connectivity index (χ4v) is 3.40. The summed E-state index contributed by atoms with van der Waals surface area (Å²) in [6, 6.07) is 17.6. The van der Waals surface area contributed by atoms with Gasteiger partial charge in [0, 0.05) is 23.9 Å². The third kappa shape index (κ3) is 3.13. The van der Waals surface area contributed by atoms with E-state index >= 15 is 0 Å². The summed E-state index contributed by atoms with van der Waals surface area (Å²) in [7, 11) is 1.89. The first-order valence-corrected chi connectivity index (χ1v) is 9.12. The lowest BCUT2D eigenvalue weighted by atomic mass is 10.1. The van der Waals surface area contributed by atoms with E-state index in [-0.39, 0.29) is 5.91 Å². The molecule has 0 saturated carbocycles. The topological polar surface area (TPSA) is 62.9 Å². The second-order valence-corrected chi connectivity index (χ2v) is 6.80. The highest BCUT2D eigenvalue weighted by atomic mass is 16.2. The van der Waals surface area contributed by atoms with Crippen molar-refractivity contribution in [1.29, 1.82) is 0 Å². The lowest BCUT2D eigenvalue weighted by molar-refractivity contribution is -0.112. The van der Waals surface area contributed by atoms with Crippen LogP contribution in [-0.2, 0) is 18.4 Å². The van der Waals surface area contributed by atoms with Gasteiger partial charge in [0.15, 0.2) is 5.71 Å². The highest BCUT2D eigenvalue weighted by Crippen LogP contribution is 2.30. The molecule has 0 radical (unpaired) electrons. The largest absolute Gasteiger partial charge is 0.302 e. The molecule has 0 spiro atoms. The highest BCUT2D eigenvalue weighted by Gasteiger charge is 2.33. The Labute approximate surface area is 163 Å². The van der Waals surface area contributed by atoms with Crippen LogP contribution in [0.15, 0.2) is 64.8 Å². The van der Waals surface area contributed by atoms with Gasteiger partial charge in [-0.3, -0.25) is 9.48 Å². The van der Waals surface area contributed by atoms with Gasteiger partial charge in [0.1, 0.15) is 0 Å². The maximum absolute atomic E-state index is 13.1. The molecule has 1 aliphatic heterocycles. The maximum atomic E-state index is 13.1. The van der Waals surface area contributed by atoms with Crippen LogP contribution < -0.4 is 4.90 Å². The Bertz CT molecular complexity index is 1100. The van der Waals surface area contributed by atoms with Crippen LogP contribution in [0.4, 0.5) is 5.69 Å². The molecule has 28 heavy (non-hydrogen) atoms. The molecular formula is C22H21N5O. The molecule has 1 aliphatic rings.